The fourth-order valence-corrected chi connectivity index (χ4v) is 15.7. The first-order valence-electron chi connectivity index (χ1n) is 29.2. The van der Waals surface area contributed by atoms with E-state index in [0.717, 1.165) is 22.7 Å². The van der Waals surface area contributed by atoms with Crippen molar-refractivity contribution in [1.29, 1.82) is 0 Å². The Morgan fingerprint density at radius 3 is 0.928 bits per heavy atom. The number of anilines is 6. The molecule has 0 fully saturated rings. The van der Waals surface area contributed by atoms with Crippen LogP contribution in [0.2, 0.25) is 0 Å². The Labute approximate surface area is 491 Å². The molecule has 3 heteroatoms. The summed E-state index contributed by atoms with van der Waals surface area (Å²) < 4.78 is 0. The van der Waals surface area contributed by atoms with Crippen LogP contribution in [0.5, 0.6) is 0 Å². The van der Waals surface area contributed by atoms with Crippen molar-refractivity contribution in [3.8, 4) is 27.6 Å². The third-order valence-electron chi connectivity index (χ3n) is 17.8. The molecule has 402 valence electrons. The molecule has 14 rings (SSSR count). The third-order valence-corrected chi connectivity index (χ3v) is 20.4. The van der Waals surface area contributed by atoms with Crippen LogP contribution in [0.4, 0.5) is 34.1 Å². The zero-order valence-corrected chi connectivity index (χ0v) is 49.6. The van der Waals surface area contributed by atoms with E-state index in [4.69, 9.17) is 0 Å². The van der Waals surface area contributed by atoms with Crippen molar-refractivity contribution >= 4 is 87.0 Å². The number of hydrogen-bond donors (Lipinski definition) is 0. The summed E-state index contributed by atoms with van der Waals surface area (Å²) in [6.45, 7) is 18.1. The Kier molecular flexibility index (Phi) is 12.7. The second-order valence-electron chi connectivity index (χ2n) is 24.2. The van der Waals surface area contributed by atoms with Gasteiger partial charge in [0.2, 0.25) is 0 Å². The molecule has 0 radical (unpaired) electrons. The van der Waals surface area contributed by atoms with Gasteiger partial charge in [-0.25, -0.2) is 0 Å². The topological polar surface area (TPSA) is 6.48 Å². The van der Waals surface area contributed by atoms with Crippen LogP contribution in [0, 0.1) is 27.7 Å². The Bertz CT molecular complexity index is 4190. The SMILES string of the molecule is Cc1ccc(N(c2ccc(C)cc2)c2ccc3c(c2)C(C)(C)c2cc(C=Cc4ccc5c(c4)c4cc(C=Cc6ccc7c(c6)C(C)(C)c6cc(N(c8ccc(C)cc8)c8ccc(C)cc8)ccc6-7)ccc4p5-c4ccccc4)ccc2-3)cc1. The fraction of sp³-hybridized carbons (Fsp3) is 0.125. The Balaban J connectivity index is 0.760. The Hall–Kier alpha value is -9.20. The van der Waals surface area contributed by atoms with Crippen molar-refractivity contribution in [1.82, 2.24) is 0 Å². The summed E-state index contributed by atoms with van der Waals surface area (Å²) in [7, 11) is -0.703. The molecule has 1 aromatic heterocycles. The molecule has 0 amide bonds. The maximum Gasteiger partial charge on any atom is 0.0465 e. The second kappa shape index (κ2) is 20.4. The van der Waals surface area contributed by atoms with E-state index in [9.17, 15) is 0 Å². The van der Waals surface area contributed by atoms with Crippen LogP contribution < -0.4 is 9.80 Å². The van der Waals surface area contributed by atoms with Gasteiger partial charge in [-0.15, -0.1) is 0 Å². The predicted octanol–water partition coefficient (Wildman–Crippen LogP) is 23.1. The summed E-state index contributed by atoms with van der Waals surface area (Å²) in [6.07, 6.45) is 9.22. The molecule has 83 heavy (non-hydrogen) atoms. The van der Waals surface area contributed by atoms with Crippen LogP contribution in [-0.4, -0.2) is 0 Å². The van der Waals surface area contributed by atoms with Gasteiger partial charge in [-0.1, -0.05) is 221 Å². The van der Waals surface area contributed by atoms with Crippen molar-refractivity contribution in [3.05, 3.63) is 303 Å². The molecule has 0 spiro atoms. The van der Waals surface area contributed by atoms with E-state index in [-0.39, 0.29) is 10.8 Å². The van der Waals surface area contributed by atoms with Crippen LogP contribution in [0.15, 0.2) is 237 Å². The largest absolute Gasteiger partial charge is 0.310 e. The lowest BCUT2D eigenvalue weighted by Gasteiger charge is -2.28. The molecular formula is C80H67N2P. The van der Waals surface area contributed by atoms with Gasteiger partial charge in [-0.2, -0.15) is 0 Å². The smallest absolute Gasteiger partial charge is 0.0465 e. The predicted molar refractivity (Wildman–Crippen MR) is 360 cm³/mol. The van der Waals surface area contributed by atoms with Gasteiger partial charge in [0.25, 0.3) is 0 Å². The molecule has 2 nitrogen and oxygen atoms in total. The quantitative estimate of drug-likeness (QED) is 0.119. The molecule has 11 aromatic carbocycles. The van der Waals surface area contributed by atoms with Gasteiger partial charge < -0.3 is 9.80 Å². The van der Waals surface area contributed by atoms with Crippen molar-refractivity contribution in [2.45, 2.75) is 66.2 Å². The van der Waals surface area contributed by atoms with Gasteiger partial charge in [0.05, 0.1) is 0 Å². The highest BCUT2D eigenvalue weighted by atomic mass is 31.1. The first-order valence-corrected chi connectivity index (χ1v) is 30.5. The lowest BCUT2D eigenvalue weighted by molar-refractivity contribution is 0.660. The van der Waals surface area contributed by atoms with Crippen molar-refractivity contribution < 1.29 is 0 Å². The normalized spacial score (nSPS) is 13.9. The van der Waals surface area contributed by atoms with E-state index in [2.05, 4.69) is 326 Å². The third kappa shape index (κ3) is 9.23. The van der Waals surface area contributed by atoms with Crippen LogP contribution >= 0.6 is 7.53 Å². The number of aryl methyl sites for hydroxylation is 4. The van der Waals surface area contributed by atoms with E-state index < -0.39 is 7.53 Å². The first-order chi connectivity index (χ1) is 40.2. The van der Waals surface area contributed by atoms with Crippen molar-refractivity contribution in [2.75, 3.05) is 9.80 Å². The average molecular weight is 1090 g/mol. The molecule has 0 saturated carbocycles. The van der Waals surface area contributed by atoms with Gasteiger partial charge in [0, 0.05) is 55.2 Å². The number of nitrogens with zero attached hydrogens (tertiary/aromatic N) is 2. The summed E-state index contributed by atoms with van der Waals surface area (Å²) in [6, 6.07) is 89.1. The van der Waals surface area contributed by atoms with E-state index in [1.54, 1.807) is 0 Å². The minimum atomic E-state index is -0.703. The Morgan fingerprint density at radius 1 is 0.289 bits per heavy atom. The van der Waals surface area contributed by atoms with Crippen LogP contribution in [0.25, 0.3) is 72.9 Å². The molecular weight excluding hydrogens is 1020 g/mol. The molecule has 0 N–H and O–H groups in total. The maximum absolute atomic E-state index is 2.43. The molecule has 0 unspecified atom stereocenters. The molecule has 0 atom stereocenters. The summed E-state index contributed by atoms with van der Waals surface area (Å²) in [4.78, 5) is 4.78. The van der Waals surface area contributed by atoms with Gasteiger partial charge in [-0.05, 0) is 208 Å². The minimum Gasteiger partial charge on any atom is -0.310 e. The number of benzene rings is 11. The number of hydrogen-bond acceptors (Lipinski definition) is 2. The van der Waals surface area contributed by atoms with Gasteiger partial charge >= 0.3 is 0 Å². The molecule has 0 bridgehead atoms. The fourth-order valence-electron chi connectivity index (χ4n) is 13.1. The van der Waals surface area contributed by atoms with E-state index in [1.807, 2.05) is 0 Å². The summed E-state index contributed by atoms with van der Waals surface area (Å²) >= 11 is 0. The molecule has 12 aromatic rings. The molecule has 2 aliphatic carbocycles. The lowest BCUT2D eigenvalue weighted by Crippen LogP contribution is -2.16. The second-order valence-corrected chi connectivity index (χ2v) is 26.4. The van der Waals surface area contributed by atoms with E-state index in [1.165, 1.54) is 127 Å². The average Bonchev–Trinajstić information content (AvgIpc) is 2.19. The molecule has 2 aliphatic rings. The van der Waals surface area contributed by atoms with E-state index >= 15 is 0 Å². The zero-order valence-electron chi connectivity index (χ0n) is 48.7. The molecule has 0 saturated heterocycles. The monoisotopic (exact) mass is 1090 g/mol. The summed E-state index contributed by atoms with van der Waals surface area (Å²) in [5.74, 6) is 0. The van der Waals surface area contributed by atoms with Crippen molar-refractivity contribution in [3.63, 3.8) is 0 Å². The van der Waals surface area contributed by atoms with Gasteiger partial charge in [0.1, 0.15) is 0 Å². The van der Waals surface area contributed by atoms with Crippen molar-refractivity contribution in [2.24, 2.45) is 0 Å². The first kappa shape index (κ1) is 51.9. The van der Waals surface area contributed by atoms with Gasteiger partial charge in [0.15, 0.2) is 0 Å². The molecule has 1 heterocycles. The standard InChI is InChI=1S/C80H67N2P/c1-52-14-30-60(31-15-52)81(61-32-16-53(2)17-33-61)64-38-42-69-67-40-26-58(48-73(67)79(5,6)75(69)50-64)24-22-56-28-44-77-71(46-56)72-47-57(29-45-78(72)83(77)66-12-10-9-11-13-66)23-25-59-27-41-68-70-43-39-65(51-76(70)80(7,8)74(68)49-59)82(62-34-18-54(3)19-35-62)63-36-20-55(4)21-37-63/h9-51H,1-8H3. The van der Waals surface area contributed by atoms with Gasteiger partial charge in [-0.3, -0.25) is 0 Å². The summed E-state index contributed by atoms with van der Waals surface area (Å²) in [5.41, 5.74) is 27.1. The number of fused-ring (bicyclic) bond motifs is 9. The van der Waals surface area contributed by atoms with Crippen LogP contribution in [-0.2, 0) is 10.8 Å². The highest BCUT2D eigenvalue weighted by Crippen LogP contribution is 2.56. The Morgan fingerprint density at radius 2 is 0.578 bits per heavy atom. The van der Waals surface area contributed by atoms with Crippen LogP contribution in [0.1, 0.15) is 94.5 Å². The van der Waals surface area contributed by atoms with Crippen LogP contribution in [0.3, 0.4) is 0 Å². The maximum atomic E-state index is 2.43. The number of rotatable bonds is 11. The minimum absolute atomic E-state index is 0.185. The summed E-state index contributed by atoms with van der Waals surface area (Å²) in [5, 5.41) is 6.89. The molecule has 0 aliphatic heterocycles. The van der Waals surface area contributed by atoms with E-state index in [0.29, 0.717) is 0 Å². The highest BCUT2D eigenvalue weighted by molar-refractivity contribution is 7.67. The zero-order chi connectivity index (χ0) is 56.7. The highest BCUT2D eigenvalue weighted by Gasteiger charge is 2.38. The lowest BCUT2D eigenvalue weighted by atomic mass is 9.81.